The van der Waals surface area contributed by atoms with Gasteiger partial charge in [-0.05, 0) is 12.3 Å². The second-order valence-corrected chi connectivity index (χ2v) is 6.36. The fourth-order valence-electron chi connectivity index (χ4n) is 2.40. The summed E-state index contributed by atoms with van der Waals surface area (Å²) in [5.74, 6) is 0.550. The monoisotopic (exact) mass is 316 g/mol. The number of ether oxygens (including phenoxy) is 1. The van der Waals surface area contributed by atoms with Gasteiger partial charge >= 0.3 is 5.97 Å². The molecule has 0 amide bonds. The molecule has 4 heteroatoms. The normalized spacial score (nSPS) is 12.6. The van der Waals surface area contributed by atoms with E-state index in [1.807, 2.05) is 0 Å². The first-order chi connectivity index (χ1) is 10.6. The molecular formula is C18H36O4. The Morgan fingerprint density at radius 2 is 1.41 bits per heavy atom. The molecule has 0 radical (unpaired) electrons. The van der Waals surface area contributed by atoms with Gasteiger partial charge in [-0.1, -0.05) is 71.6 Å². The second-order valence-electron chi connectivity index (χ2n) is 6.36. The first-order valence-corrected chi connectivity index (χ1v) is 9.05. The molecule has 0 aromatic carbocycles. The molecule has 2 N–H and O–H groups in total. The quantitative estimate of drug-likeness (QED) is 0.356. The molecule has 0 saturated heterocycles. The van der Waals surface area contributed by atoms with Crippen molar-refractivity contribution in [3.8, 4) is 0 Å². The van der Waals surface area contributed by atoms with Crippen molar-refractivity contribution in [3.05, 3.63) is 0 Å². The van der Waals surface area contributed by atoms with Gasteiger partial charge in [-0.3, -0.25) is 4.79 Å². The predicted octanol–water partition coefficient (Wildman–Crippen LogP) is 3.83. The Bertz CT molecular complexity index is 251. The van der Waals surface area contributed by atoms with Gasteiger partial charge in [0.15, 0.2) is 0 Å². The van der Waals surface area contributed by atoms with Crippen LogP contribution in [-0.2, 0) is 9.53 Å². The molecule has 22 heavy (non-hydrogen) atoms. The van der Waals surface area contributed by atoms with Crippen molar-refractivity contribution in [2.75, 3.05) is 13.2 Å². The topological polar surface area (TPSA) is 66.8 Å². The van der Waals surface area contributed by atoms with E-state index in [1.165, 1.54) is 51.4 Å². The summed E-state index contributed by atoms with van der Waals surface area (Å²) in [5, 5.41) is 17.6. The van der Waals surface area contributed by atoms with Crippen molar-refractivity contribution in [2.24, 2.45) is 5.92 Å². The first-order valence-electron chi connectivity index (χ1n) is 9.05. The minimum absolute atomic E-state index is 0.320. The number of hydrogen-bond donors (Lipinski definition) is 2. The lowest BCUT2D eigenvalue weighted by atomic mass is 9.99. The van der Waals surface area contributed by atoms with Gasteiger partial charge < -0.3 is 14.9 Å². The van der Waals surface area contributed by atoms with Crippen molar-refractivity contribution >= 4 is 5.97 Å². The van der Waals surface area contributed by atoms with Crippen LogP contribution in [0.4, 0.5) is 0 Å². The van der Waals surface area contributed by atoms with Crippen LogP contribution in [-0.4, -0.2) is 35.5 Å². The van der Waals surface area contributed by atoms with Crippen LogP contribution in [0.15, 0.2) is 0 Å². The highest BCUT2D eigenvalue weighted by atomic mass is 16.6. The molecule has 0 aromatic heterocycles. The smallest absolute Gasteiger partial charge is 0.306 e. The first kappa shape index (κ1) is 21.4. The van der Waals surface area contributed by atoms with E-state index in [0.29, 0.717) is 6.42 Å². The summed E-state index contributed by atoms with van der Waals surface area (Å²) in [6, 6.07) is 0. The van der Waals surface area contributed by atoms with E-state index in [0.717, 1.165) is 18.8 Å². The Morgan fingerprint density at radius 1 is 0.909 bits per heavy atom. The van der Waals surface area contributed by atoms with Crippen LogP contribution < -0.4 is 0 Å². The van der Waals surface area contributed by atoms with Gasteiger partial charge in [-0.2, -0.15) is 0 Å². The summed E-state index contributed by atoms with van der Waals surface area (Å²) < 4.78 is 4.91. The maximum atomic E-state index is 11.4. The summed E-state index contributed by atoms with van der Waals surface area (Å²) in [6.45, 7) is 3.95. The van der Waals surface area contributed by atoms with E-state index in [-0.39, 0.29) is 19.2 Å². The third kappa shape index (κ3) is 13.1. The molecule has 1 atom stereocenters. The van der Waals surface area contributed by atoms with Gasteiger partial charge in [0.25, 0.3) is 0 Å². The maximum Gasteiger partial charge on any atom is 0.306 e. The van der Waals surface area contributed by atoms with Crippen LogP contribution in [0.2, 0.25) is 0 Å². The Morgan fingerprint density at radius 3 is 1.91 bits per heavy atom. The lowest BCUT2D eigenvalue weighted by Gasteiger charge is -2.12. The van der Waals surface area contributed by atoms with Crippen LogP contribution in [0.25, 0.3) is 0 Å². The van der Waals surface area contributed by atoms with Gasteiger partial charge in [0.2, 0.25) is 0 Å². The zero-order chi connectivity index (χ0) is 16.6. The molecule has 132 valence electrons. The summed E-state index contributed by atoms with van der Waals surface area (Å²) in [7, 11) is 0. The molecular weight excluding hydrogens is 280 g/mol. The average Bonchev–Trinajstić information content (AvgIpc) is 2.53. The summed E-state index contributed by atoms with van der Waals surface area (Å²) in [6.07, 6.45) is 11.9. The van der Waals surface area contributed by atoms with Crippen molar-refractivity contribution in [1.82, 2.24) is 0 Å². The molecule has 0 bridgehead atoms. The molecule has 0 heterocycles. The third-order valence-electron chi connectivity index (χ3n) is 4.23. The number of unbranched alkanes of at least 4 members (excludes halogenated alkanes) is 7. The average molecular weight is 316 g/mol. The zero-order valence-corrected chi connectivity index (χ0v) is 14.6. The predicted molar refractivity (Wildman–Crippen MR) is 89.7 cm³/mol. The van der Waals surface area contributed by atoms with Gasteiger partial charge in [0.05, 0.1) is 13.2 Å². The third-order valence-corrected chi connectivity index (χ3v) is 4.23. The standard InChI is InChI=1S/C18H36O4/c1-3-16(2)12-10-8-6-4-5-7-9-11-13-18(21)22-17(14-19)15-20/h16-17,19-20H,3-15H2,1-2H3. The maximum absolute atomic E-state index is 11.4. The molecule has 0 aromatic rings. The lowest BCUT2D eigenvalue weighted by molar-refractivity contribution is -0.153. The number of rotatable bonds is 15. The van der Waals surface area contributed by atoms with Crippen molar-refractivity contribution < 1.29 is 19.7 Å². The number of carbonyl (C=O) groups excluding carboxylic acids is 1. The summed E-state index contributed by atoms with van der Waals surface area (Å²) >= 11 is 0. The zero-order valence-electron chi connectivity index (χ0n) is 14.6. The molecule has 0 spiro atoms. The highest BCUT2D eigenvalue weighted by Crippen LogP contribution is 2.15. The molecule has 0 fully saturated rings. The van der Waals surface area contributed by atoms with E-state index in [1.54, 1.807) is 0 Å². The number of carbonyl (C=O) groups is 1. The lowest BCUT2D eigenvalue weighted by Crippen LogP contribution is -2.25. The van der Waals surface area contributed by atoms with Gasteiger partial charge in [-0.25, -0.2) is 0 Å². The molecule has 0 aliphatic rings. The van der Waals surface area contributed by atoms with Crippen molar-refractivity contribution in [3.63, 3.8) is 0 Å². The Labute approximate surface area is 136 Å². The van der Waals surface area contributed by atoms with E-state index in [4.69, 9.17) is 14.9 Å². The van der Waals surface area contributed by atoms with Crippen molar-refractivity contribution in [2.45, 2.75) is 90.6 Å². The summed E-state index contributed by atoms with van der Waals surface area (Å²) in [5.41, 5.74) is 0. The number of hydrogen-bond acceptors (Lipinski definition) is 4. The number of aliphatic hydroxyl groups excluding tert-OH is 2. The van der Waals surface area contributed by atoms with Crippen LogP contribution in [0.5, 0.6) is 0 Å². The second kappa shape index (κ2) is 15.3. The Kier molecular flexibility index (Phi) is 14.9. The van der Waals surface area contributed by atoms with Crippen LogP contribution >= 0.6 is 0 Å². The Balaban J connectivity index is 3.28. The fraction of sp³-hybridized carbons (Fsp3) is 0.944. The van der Waals surface area contributed by atoms with Gasteiger partial charge in [0, 0.05) is 6.42 Å². The van der Waals surface area contributed by atoms with Gasteiger partial charge in [-0.15, -0.1) is 0 Å². The SMILES string of the molecule is CCC(C)CCCCCCCCCCC(=O)OC(CO)CO. The summed E-state index contributed by atoms with van der Waals surface area (Å²) in [4.78, 5) is 11.4. The van der Waals surface area contributed by atoms with E-state index >= 15 is 0 Å². The molecule has 0 aliphatic carbocycles. The Hall–Kier alpha value is -0.610. The molecule has 4 nitrogen and oxygen atoms in total. The van der Waals surface area contributed by atoms with E-state index in [9.17, 15) is 4.79 Å². The van der Waals surface area contributed by atoms with Crippen LogP contribution in [0, 0.1) is 5.92 Å². The highest BCUT2D eigenvalue weighted by molar-refractivity contribution is 5.69. The van der Waals surface area contributed by atoms with Crippen LogP contribution in [0.3, 0.4) is 0 Å². The number of aliphatic hydroxyl groups is 2. The molecule has 1 unspecified atom stereocenters. The van der Waals surface area contributed by atoms with E-state index < -0.39 is 6.10 Å². The number of esters is 1. The van der Waals surface area contributed by atoms with E-state index in [2.05, 4.69) is 13.8 Å². The fourth-order valence-corrected chi connectivity index (χ4v) is 2.40. The highest BCUT2D eigenvalue weighted by Gasteiger charge is 2.11. The minimum Gasteiger partial charge on any atom is -0.457 e. The molecule has 0 saturated carbocycles. The molecule has 0 rings (SSSR count). The van der Waals surface area contributed by atoms with Gasteiger partial charge in [0.1, 0.15) is 6.10 Å². The molecule has 0 aliphatic heterocycles. The largest absolute Gasteiger partial charge is 0.457 e. The van der Waals surface area contributed by atoms with Crippen LogP contribution in [0.1, 0.15) is 84.5 Å². The minimum atomic E-state index is -0.761. The van der Waals surface area contributed by atoms with Crippen molar-refractivity contribution in [1.29, 1.82) is 0 Å².